The number of carbonyl (C=O) groups is 1. The molecule has 2 aliphatic rings. The maximum Gasteiger partial charge on any atom is 0.308 e. The van der Waals surface area contributed by atoms with Gasteiger partial charge in [0.25, 0.3) is 0 Å². The van der Waals surface area contributed by atoms with Crippen molar-refractivity contribution in [3.63, 3.8) is 0 Å². The Kier molecular flexibility index (Phi) is 5.23. The number of anilines is 1. The van der Waals surface area contributed by atoms with Crippen LogP contribution in [0.25, 0.3) is 6.08 Å². The SMILES string of the molecule is CCOC(=O)C1CCC(O)(C2C(Nc3ccccc3)=Cc3ccccc32)CC1. The minimum atomic E-state index is -0.872. The number of nitrogens with one attached hydrogen (secondary N) is 1. The van der Waals surface area contributed by atoms with Crippen LogP contribution in [0.4, 0.5) is 5.69 Å². The lowest BCUT2D eigenvalue weighted by molar-refractivity contribution is -0.151. The van der Waals surface area contributed by atoms with Gasteiger partial charge >= 0.3 is 5.97 Å². The number of aliphatic hydroxyl groups is 1. The predicted molar refractivity (Wildman–Crippen MR) is 111 cm³/mol. The van der Waals surface area contributed by atoms with Crippen LogP contribution in [0.15, 0.2) is 60.3 Å². The van der Waals surface area contributed by atoms with E-state index in [2.05, 4.69) is 23.5 Å². The van der Waals surface area contributed by atoms with Crippen LogP contribution in [0.1, 0.15) is 49.7 Å². The van der Waals surface area contributed by atoms with E-state index in [0.717, 1.165) is 22.5 Å². The highest BCUT2D eigenvalue weighted by molar-refractivity contribution is 5.73. The first kappa shape index (κ1) is 18.8. The van der Waals surface area contributed by atoms with E-state index >= 15 is 0 Å². The molecule has 4 nitrogen and oxygen atoms in total. The number of hydrogen-bond donors (Lipinski definition) is 2. The zero-order chi connectivity index (χ0) is 19.6. The number of carbonyl (C=O) groups excluding carboxylic acids is 1. The molecular formula is C24H27NO3. The molecule has 146 valence electrons. The summed E-state index contributed by atoms with van der Waals surface area (Å²) in [5.41, 5.74) is 3.45. The summed E-state index contributed by atoms with van der Waals surface area (Å²) in [4.78, 5) is 12.1. The fraction of sp³-hybridized carbons (Fsp3) is 0.375. The zero-order valence-corrected chi connectivity index (χ0v) is 16.2. The quantitative estimate of drug-likeness (QED) is 0.740. The first-order valence-corrected chi connectivity index (χ1v) is 10.1. The summed E-state index contributed by atoms with van der Waals surface area (Å²) in [5, 5.41) is 15.2. The van der Waals surface area contributed by atoms with Gasteiger partial charge in [-0.3, -0.25) is 4.79 Å². The van der Waals surface area contributed by atoms with Gasteiger partial charge in [0.1, 0.15) is 0 Å². The third-order valence-electron chi connectivity index (χ3n) is 6.00. The van der Waals surface area contributed by atoms with Gasteiger partial charge in [-0.05, 0) is 61.9 Å². The van der Waals surface area contributed by atoms with Crippen molar-refractivity contribution in [2.75, 3.05) is 11.9 Å². The van der Waals surface area contributed by atoms with Crippen molar-refractivity contribution in [2.45, 2.75) is 44.1 Å². The van der Waals surface area contributed by atoms with Gasteiger partial charge in [0.15, 0.2) is 0 Å². The van der Waals surface area contributed by atoms with Crippen molar-refractivity contribution in [1.82, 2.24) is 0 Å². The van der Waals surface area contributed by atoms with E-state index in [-0.39, 0.29) is 17.8 Å². The van der Waals surface area contributed by atoms with Crippen molar-refractivity contribution in [1.29, 1.82) is 0 Å². The van der Waals surface area contributed by atoms with Gasteiger partial charge in [-0.15, -0.1) is 0 Å². The average molecular weight is 377 g/mol. The van der Waals surface area contributed by atoms with Crippen LogP contribution in [0, 0.1) is 5.92 Å². The van der Waals surface area contributed by atoms with Crippen LogP contribution < -0.4 is 5.32 Å². The Bertz CT molecular complexity index is 866. The molecule has 0 bridgehead atoms. The first-order valence-electron chi connectivity index (χ1n) is 10.1. The number of rotatable bonds is 5. The Balaban J connectivity index is 1.59. The molecule has 0 saturated heterocycles. The Morgan fingerprint density at radius 1 is 1.11 bits per heavy atom. The largest absolute Gasteiger partial charge is 0.466 e. The summed E-state index contributed by atoms with van der Waals surface area (Å²) < 4.78 is 5.19. The monoisotopic (exact) mass is 377 g/mol. The van der Waals surface area contributed by atoms with Crippen molar-refractivity contribution in [2.24, 2.45) is 5.92 Å². The maximum atomic E-state index is 12.1. The third-order valence-corrected chi connectivity index (χ3v) is 6.00. The van der Waals surface area contributed by atoms with E-state index in [1.165, 1.54) is 0 Å². The lowest BCUT2D eigenvalue weighted by Gasteiger charge is -2.41. The molecule has 28 heavy (non-hydrogen) atoms. The Labute approximate surface area is 166 Å². The summed E-state index contributed by atoms with van der Waals surface area (Å²) in [6, 6.07) is 18.3. The first-order chi connectivity index (χ1) is 13.6. The number of fused-ring (bicyclic) bond motifs is 1. The Hall–Kier alpha value is -2.59. The van der Waals surface area contributed by atoms with Crippen LogP contribution in [-0.4, -0.2) is 23.3 Å². The predicted octanol–water partition coefficient (Wildman–Crippen LogP) is 4.72. The molecule has 0 amide bonds. The smallest absolute Gasteiger partial charge is 0.308 e. The van der Waals surface area contributed by atoms with E-state index in [1.54, 1.807) is 0 Å². The second kappa shape index (κ2) is 7.80. The van der Waals surface area contributed by atoms with Crippen molar-refractivity contribution in [3.8, 4) is 0 Å². The second-order valence-corrected chi connectivity index (χ2v) is 7.78. The minimum Gasteiger partial charge on any atom is -0.466 e. The third kappa shape index (κ3) is 3.57. The van der Waals surface area contributed by atoms with E-state index in [4.69, 9.17) is 4.74 Å². The van der Waals surface area contributed by atoms with Gasteiger partial charge in [-0.2, -0.15) is 0 Å². The Morgan fingerprint density at radius 2 is 1.79 bits per heavy atom. The normalized spacial score (nSPS) is 26.3. The van der Waals surface area contributed by atoms with Crippen LogP contribution >= 0.6 is 0 Å². The summed E-state index contributed by atoms with van der Waals surface area (Å²) in [7, 11) is 0. The number of hydrogen-bond acceptors (Lipinski definition) is 4. The number of benzene rings is 2. The van der Waals surface area contributed by atoms with Gasteiger partial charge in [-0.1, -0.05) is 42.5 Å². The van der Waals surface area contributed by atoms with Crippen molar-refractivity contribution < 1.29 is 14.6 Å². The van der Waals surface area contributed by atoms with Gasteiger partial charge < -0.3 is 15.2 Å². The van der Waals surface area contributed by atoms with Gasteiger partial charge in [-0.25, -0.2) is 0 Å². The molecule has 0 heterocycles. The molecule has 4 rings (SSSR count). The van der Waals surface area contributed by atoms with Crippen molar-refractivity contribution in [3.05, 3.63) is 71.4 Å². The second-order valence-electron chi connectivity index (χ2n) is 7.78. The highest BCUT2D eigenvalue weighted by atomic mass is 16.5. The average Bonchev–Trinajstić information content (AvgIpc) is 3.08. The van der Waals surface area contributed by atoms with Crippen LogP contribution in [0.3, 0.4) is 0 Å². The molecule has 2 N–H and O–H groups in total. The van der Waals surface area contributed by atoms with E-state index < -0.39 is 5.60 Å². The molecule has 0 aliphatic heterocycles. The summed E-state index contributed by atoms with van der Waals surface area (Å²) in [6.07, 6.45) is 4.63. The highest BCUT2D eigenvalue weighted by Crippen LogP contribution is 2.49. The molecule has 2 aromatic rings. The maximum absolute atomic E-state index is 12.1. The summed E-state index contributed by atoms with van der Waals surface area (Å²) in [6.45, 7) is 2.24. The molecule has 1 fully saturated rings. The molecule has 2 aromatic carbocycles. The topological polar surface area (TPSA) is 58.6 Å². The van der Waals surface area contributed by atoms with Crippen LogP contribution in [0.5, 0.6) is 0 Å². The van der Waals surface area contributed by atoms with Gasteiger partial charge in [0.05, 0.1) is 24.0 Å². The summed E-state index contributed by atoms with van der Waals surface area (Å²) >= 11 is 0. The molecule has 1 saturated carbocycles. The molecule has 0 aromatic heterocycles. The molecule has 1 atom stereocenters. The molecule has 0 spiro atoms. The van der Waals surface area contributed by atoms with Gasteiger partial charge in [0.2, 0.25) is 0 Å². The molecule has 4 heteroatoms. The highest BCUT2D eigenvalue weighted by Gasteiger charge is 2.46. The van der Waals surface area contributed by atoms with Crippen LogP contribution in [-0.2, 0) is 9.53 Å². The fourth-order valence-electron chi connectivity index (χ4n) is 4.60. The molecular weight excluding hydrogens is 350 g/mol. The minimum absolute atomic E-state index is 0.105. The van der Waals surface area contributed by atoms with Crippen LogP contribution in [0.2, 0.25) is 0 Å². The Morgan fingerprint density at radius 3 is 2.50 bits per heavy atom. The van der Waals surface area contributed by atoms with E-state index in [9.17, 15) is 9.90 Å². The fourth-order valence-corrected chi connectivity index (χ4v) is 4.60. The molecule has 2 aliphatic carbocycles. The van der Waals surface area contributed by atoms with E-state index in [0.29, 0.717) is 32.3 Å². The lowest BCUT2D eigenvalue weighted by atomic mass is 9.70. The molecule has 0 radical (unpaired) electrons. The standard InChI is InChI=1S/C24H27NO3/c1-2-28-23(26)17-12-14-24(27,15-13-17)22-20-11-7-6-8-18(20)16-21(22)25-19-9-4-3-5-10-19/h3-11,16-17,22,25,27H,2,12-15H2,1H3. The van der Waals surface area contributed by atoms with Crippen molar-refractivity contribution >= 4 is 17.7 Å². The van der Waals surface area contributed by atoms with Gasteiger partial charge in [0, 0.05) is 11.4 Å². The lowest BCUT2D eigenvalue weighted by Crippen LogP contribution is -2.42. The number of ether oxygens (including phenoxy) is 1. The number of esters is 1. The summed E-state index contributed by atoms with van der Waals surface area (Å²) in [5.74, 6) is -0.354. The molecule has 1 unspecified atom stereocenters. The van der Waals surface area contributed by atoms with E-state index in [1.807, 2.05) is 49.4 Å². The zero-order valence-electron chi connectivity index (χ0n) is 16.2. The number of para-hydroxylation sites is 1.